The number of hydrogen-bond donors (Lipinski definition) is 2. The first-order valence-corrected chi connectivity index (χ1v) is 6.34. The minimum absolute atomic E-state index is 0.0593. The zero-order valence-corrected chi connectivity index (χ0v) is 10.7. The Hall–Kier alpha value is -1.66. The second-order valence-corrected chi connectivity index (χ2v) is 4.93. The van der Waals surface area contributed by atoms with Crippen molar-refractivity contribution in [2.45, 2.75) is 12.8 Å². The van der Waals surface area contributed by atoms with E-state index in [9.17, 15) is 10.1 Å². The van der Waals surface area contributed by atoms with E-state index in [0.717, 1.165) is 19.4 Å². The van der Waals surface area contributed by atoms with Crippen molar-refractivity contribution in [3.63, 3.8) is 0 Å². The largest absolute Gasteiger partial charge is 0.492 e. The molecule has 104 valence electrons. The van der Waals surface area contributed by atoms with Gasteiger partial charge in [-0.25, -0.2) is 0 Å². The van der Waals surface area contributed by atoms with Crippen molar-refractivity contribution in [3.05, 3.63) is 34.4 Å². The van der Waals surface area contributed by atoms with Crippen LogP contribution in [0.25, 0.3) is 0 Å². The smallest absolute Gasteiger partial charge is 0.269 e. The van der Waals surface area contributed by atoms with Crippen molar-refractivity contribution in [3.8, 4) is 5.75 Å². The van der Waals surface area contributed by atoms with Crippen LogP contribution in [0.5, 0.6) is 5.75 Å². The van der Waals surface area contributed by atoms with Gasteiger partial charge in [0, 0.05) is 37.2 Å². The maximum Gasteiger partial charge on any atom is 0.269 e. The van der Waals surface area contributed by atoms with Crippen LogP contribution in [0.3, 0.4) is 0 Å². The summed E-state index contributed by atoms with van der Waals surface area (Å²) in [6, 6.07) is 6.03. The van der Waals surface area contributed by atoms with Crippen molar-refractivity contribution in [2.75, 3.05) is 26.3 Å². The van der Waals surface area contributed by atoms with E-state index in [4.69, 9.17) is 9.84 Å². The maximum atomic E-state index is 10.5. The maximum absolute atomic E-state index is 10.5. The molecular weight excluding hydrogens is 248 g/mol. The van der Waals surface area contributed by atoms with E-state index in [0.29, 0.717) is 18.9 Å². The van der Waals surface area contributed by atoms with Gasteiger partial charge in [-0.2, -0.15) is 0 Å². The van der Waals surface area contributed by atoms with E-state index in [1.54, 1.807) is 12.1 Å². The highest BCUT2D eigenvalue weighted by Crippen LogP contribution is 2.44. The third-order valence-electron chi connectivity index (χ3n) is 3.39. The molecule has 0 spiro atoms. The molecule has 6 heteroatoms. The molecule has 6 nitrogen and oxygen atoms in total. The number of nitro benzene ring substituents is 1. The summed E-state index contributed by atoms with van der Waals surface area (Å²) in [4.78, 5) is 10.0. The predicted octanol–water partition coefficient (Wildman–Crippen LogP) is 1.34. The number of non-ortho nitro benzene ring substituents is 1. The first-order valence-electron chi connectivity index (χ1n) is 6.34. The molecule has 0 aromatic heterocycles. The van der Waals surface area contributed by atoms with E-state index >= 15 is 0 Å². The number of ether oxygens (including phenoxy) is 1. The van der Waals surface area contributed by atoms with Gasteiger partial charge < -0.3 is 15.2 Å². The van der Waals surface area contributed by atoms with Gasteiger partial charge in [-0.15, -0.1) is 0 Å². The second-order valence-electron chi connectivity index (χ2n) is 4.93. The van der Waals surface area contributed by atoms with Crippen molar-refractivity contribution < 1.29 is 14.8 Å². The SMILES string of the molecule is O=[N+]([O-])c1ccc(OCCNCC2(CO)CC2)cc1. The Morgan fingerprint density at radius 1 is 1.37 bits per heavy atom. The molecule has 1 aliphatic carbocycles. The van der Waals surface area contributed by atoms with Crippen LogP contribution in [0.15, 0.2) is 24.3 Å². The summed E-state index contributed by atoms with van der Waals surface area (Å²) in [5, 5.41) is 22.9. The zero-order valence-electron chi connectivity index (χ0n) is 10.7. The Morgan fingerprint density at radius 3 is 2.58 bits per heavy atom. The van der Waals surface area contributed by atoms with Crippen LogP contribution < -0.4 is 10.1 Å². The molecule has 1 aromatic carbocycles. The number of aliphatic hydroxyl groups is 1. The number of rotatable bonds is 8. The fourth-order valence-electron chi connectivity index (χ4n) is 1.83. The van der Waals surface area contributed by atoms with Gasteiger partial charge in [0.25, 0.3) is 5.69 Å². The fraction of sp³-hybridized carbons (Fsp3) is 0.538. The van der Waals surface area contributed by atoms with E-state index in [1.165, 1.54) is 12.1 Å². The molecule has 0 aliphatic heterocycles. The molecule has 0 heterocycles. The normalized spacial score (nSPS) is 16.1. The fourth-order valence-corrected chi connectivity index (χ4v) is 1.83. The lowest BCUT2D eigenvalue weighted by Crippen LogP contribution is -2.29. The monoisotopic (exact) mass is 266 g/mol. The highest BCUT2D eigenvalue weighted by molar-refractivity contribution is 5.35. The van der Waals surface area contributed by atoms with Gasteiger partial charge in [-0.3, -0.25) is 10.1 Å². The molecule has 0 atom stereocenters. The molecule has 1 fully saturated rings. The summed E-state index contributed by atoms with van der Waals surface area (Å²) in [5.41, 5.74) is 0.164. The molecule has 0 bridgehead atoms. The highest BCUT2D eigenvalue weighted by Gasteiger charge is 2.41. The van der Waals surface area contributed by atoms with Gasteiger partial charge in [0.2, 0.25) is 0 Å². The molecule has 2 rings (SSSR count). The molecule has 1 aliphatic rings. The van der Waals surface area contributed by atoms with E-state index in [1.807, 2.05) is 0 Å². The Balaban J connectivity index is 1.64. The van der Waals surface area contributed by atoms with Gasteiger partial charge in [-0.05, 0) is 25.0 Å². The van der Waals surface area contributed by atoms with Gasteiger partial charge in [0.05, 0.1) is 4.92 Å². The van der Waals surface area contributed by atoms with Gasteiger partial charge >= 0.3 is 0 Å². The molecule has 0 amide bonds. The lowest BCUT2D eigenvalue weighted by molar-refractivity contribution is -0.384. The number of nitrogens with zero attached hydrogens (tertiary/aromatic N) is 1. The average molecular weight is 266 g/mol. The summed E-state index contributed by atoms with van der Waals surface area (Å²) in [5.74, 6) is 0.621. The molecule has 1 aromatic rings. The topological polar surface area (TPSA) is 84.6 Å². The third-order valence-corrected chi connectivity index (χ3v) is 3.39. The van der Waals surface area contributed by atoms with Crippen molar-refractivity contribution in [1.29, 1.82) is 0 Å². The van der Waals surface area contributed by atoms with Crippen LogP contribution in [0.4, 0.5) is 5.69 Å². The third kappa shape index (κ3) is 3.90. The average Bonchev–Trinajstić information content (AvgIpc) is 3.19. The summed E-state index contributed by atoms with van der Waals surface area (Å²) in [6.07, 6.45) is 2.17. The molecule has 0 saturated heterocycles. The summed E-state index contributed by atoms with van der Waals surface area (Å²) < 4.78 is 5.46. The Kier molecular flexibility index (Phi) is 4.34. The second kappa shape index (κ2) is 5.99. The van der Waals surface area contributed by atoms with Crippen molar-refractivity contribution >= 4 is 5.69 Å². The van der Waals surface area contributed by atoms with Gasteiger partial charge in [0.15, 0.2) is 0 Å². The first-order chi connectivity index (χ1) is 9.15. The van der Waals surface area contributed by atoms with Crippen LogP contribution in [0.1, 0.15) is 12.8 Å². The lowest BCUT2D eigenvalue weighted by atomic mass is 10.1. The number of nitro groups is 1. The molecular formula is C13H18N2O4. The summed E-state index contributed by atoms with van der Waals surface area (Å²) >= 11 is 0. The number of hydrogen-bond acceptors (Lipinski definition) is 5. The Labute approximate surface area is 111 Å². The van der Waals surface area contributed by atoms with Crippen LogP contribution >= 0.6 is 0 Å². The quantitative estimate of drug-likeness (QED) is 0.421. The number of aliphatic hydroxyl groups excluding tert-OH is 1. The van der Waals surface area contributed by atoms with E-state index in [-0.39, 0.29) is 17.7 Å². The Morgan fingerprint density at radius 2 is 2.05 bits per heavy atom. The number of nitrogens with one attached hydrogen (secondary N) is 1. The van der Waals surface area contributed by atoms with Crippen LogP contribution in [-0.2, 0) is 0 Å². The molecule has 0 unspecified atom stereocenters. The Bertz CT molecular complexity index is 429. The van der Waals surface area contributed by atoms with Crippen LogP contribution in [0.2, 0.25) is 0 Å². The summed E-state index contributed by atoms with van der Waals surface area (Å²) in [6.45, 7) is 2.24. The molecule has 19 heavy (non-hydrogen) atoms. The first kappa shape index (κ1) is 13.8. The molecule has 0 radical (unpaired) electrons. The summed E-state index contributed by atoms with van der Waals surface area (Å²) in [7, 11) is 0. The van der Waals surface area contributed by atoms with Gasteiger partial charge in [0.1, 0.15) is 12.4 Å². The van der Waals surface area contributed by atoms with Crippen molar-refractivity contribution in [2.24, 2.45) is 5.41 Å². The lowest BCUT2D eigenvalue weighted by Gasteiger charge is -2.13. The highest BCUT2D eigenvalue weighted by atomic mass is 16.6. The standard InChI is InChI=1S/C13H18N2O4/c16-10-13(5-6-13)9-14-7-8-19-12-3-1-11(2-4-12)15(17)18/h1-4,14,16H,5-10H2. The van der Waals surface area contributed by atoms with Crippen LogP contribution in [-0.4, -0.2) is 36.3 Å². The molecule has 2 N–H and O–H groups in total. The van der Waals surface area contributed by atoms with Crippen molar-refractivity contribution in [1.82, 2.24) is 5.32 Å². The molecule has 1 saturated carbocycles. The van der Waals surface area contributed by atoms with Gasteiger partial charge in [-0.1, -0.05) is 0 Å². The van der Waals surface area contributed by atoms with Crippen LogP contribution in [0, 0.1) is 15.5 Å². The van der Waals surface area contributed by atoms with E-state index < -0.39 is 4.92 Å². The zero-order chi connectivity index (χ0) is 13.7. The van der Waals surface area contributed by atoms with E-state index in [2.05, 4.69) is 5.32 Å². The number of benzene rings is 1. The predicted molar refractivity (Wildman–Crippen MR) is 70.2 cm³/mol. The minimum Gasteiger partial charge on any atom is -0.492 e. The minimum atomic E-state index is -0.435.